The molecule has 1 N–H and O–H groups in total. The number of nitrogens with one attached hydrogen (secondary N) is 1. The van der Waals surface area contributed by atoms with Crippen molar-refractivity contribution in [2.75, 3.05) is 19.6 Å². The lowest BCUT2D eigenvalue weighted by atomic mass is 10.2. The summed E-state index contributed by atoms with van der Waals surface area (Å²) in [4.78, 5) is 0.279. The first-order chi connectivity index (χ1) is 9.04. The summed E-state index contributed by atoms with van der Waals surface area (Å²) in [5.74, 6) is 0. The van der Waals surface area contributed by atoms with Crippen LogP contribution >= 0.6 is 0 Å². The quantitative estimate of drug-likeness (QED) is 0.830. The molecule has 108 valence electrons. The number of sulfonamides is 1. The van der Waals surface area contributed by atoms with E-state index in [1.807, 2.05) is 6.92 Å². The molecule has 6 nitrogen and oxygen atoms in total. The Morgan fingerprint density at radius 1 is 1.58 bits per heavy atom. The molecule has 19 heavy (non-hydrogen) atoms. The van der Waals surface area contributed by atoms with Crippen molar-refractivity contribution < 1.29 is 8.42 Å². The van der Waals surface area contributed by atoms with Crippen molar-refractivity contribution in [3.8, 4) is 0 Å². The lowest BCUT2D eigenvalue weighted by molar-refractivity contribution is 0.369. The Kier molecular flexibility index (Phi) is 4.59. The maximum absolute atomic E-state index is 12.6. The molecule has 0 spiro atoms. The molecule has 0 radical (unpaired) electrons. The molecule has 1 aromatic heterocycles. The highest BCUT2D eigenvalue weighted by Gasteiger charge is 2.28. The minimum absolute atomic E-state index is 0.276. The zero-order valence-corrected chi connectivity index (χ0v) is 12.4. The first-order valence-electron chi connectivity index (χ1n) is 6.76. The van der Waals surface area contributed by atoms with Gasteiger partial charge in [0.1, 0.15) is 4.90 Å². The van der Waals surface area contributed by atoms with Gasteiger partial charge < -0.3 is 5.32 Å². The van der Waals surface area contributed by atoms with Crippen molar-refractivity contribution in [2.24, 2.45) is 7.05 Å². The average molecular weight is 286 g/mol. The van der Waals surface area contributed by atoms with E-state index in [0.29, 0.717) is 13.1 Å². The van der Waals surface area contributed by atoms with Gasteiger partial charge in [0, 0.05) is 32.4 Å². The highest BCUT2D eigenvalue weighted by molar-refractivity contribution is 7.89. The SMILES string of the molecule is CCCN(CC1CCCN1)S(=O)(=O)c1cnn(C)c1. The third kappa shape index (κ3) is 3.34. The van der Waals surface area contributed by atoms with Gasteiger partial charge in [-0.15, -0.1) is 0 Å². The number of hydrogen-bond acceptors (Lipinski definition) is 4. The summed E-state index contributed by atoms with van der Waals surface area (Å²) >= 11 is 0. The lowest BCUT2D eigenvalue weighted by Crippen LogP contribution is -2.41. The van der Waals surface area contributed by atoms with Gasteiger partial charge in [0.25, 0.3) is 0 Å². The van der Waals surface area contributed by atoms with Crippen LogP contribution in [-0.4, -0.2) is 48.2 Å². The standard InChI is InChI=1S/C12H22N4O2S/c1-3-7-16(9-11-5-4-6-13-11)19(17,18)12-8-14-15(2)10-12/h8,10-11,13H,3-7,9H2,1-2H3. The van der Waals surface area contributed by atoms with Crippen molar-refractivity contribution in [1.29, 1.82) is 0 Å². The fourth-order valence-electron chi connectivity index (χ4n) is 2.40. The number of aryl methyl sites for hydroxylation is 1. The zero-order chi connectivity index (χ0) is 13.9. The molecule has 1 fully saturated rings. The predicted molar refractivity (Wildman–Crippen MR) is 73.3 cm³/mol. The fraction of sp³-hybridized carbons (Fsp3) is 0.750. The van der Waals surface area contributed by atoms with Gasteiger partial charge in [-0.05, 0) is 25.8 Å². The molecule has 1 unspecified atom stereocenters. The van der Waals surface area contributed by atoms with Gasteiger partial charge in [-0.3, -0.25) is 4.68 Å². The Morgan fingerprint density at radius 2 is 2.37 bits per heavy atom. The Hall–Kier alpha value is -0.920. The zero-order valence-electron chi connectivity index (χ0n) is 11.5. The monoisotopic (exact) mass is 286 g/mol. The van der Waals surface area contributed by atoms with Gasteiger partial charge in [0.2, 0.25) is 10.0 Å². The van der Waals surface area contributed by atoms with Gasteiger partial charge >= 0.3 is 0 Å². The maximum atomic E-state index is 12.6. The maximum Gasteiger partial charge on any atom is 0.246 e. The van der Waals surface area contributed by atoms with E-state index in [2.05, 4.69) is 10.4 Å². The molecular weight excluding hydrogens is 264 g/mol. The van der Waals surface area contributed by atoms with Crippen LogP contribution < -0.4 is 5.32 Å². The van der Waals surface area contributed by atoms with E-state index in [9.17, 15) is 8.42 Å². The highest BCUT2D eigenvalue weighted by atomic mass is 32.2. The molecule has 2 heterocycles. The van der Waals surface area contributed by atoms with Crippen LogP contribution in [0.3, 0.4) is 0 Å². The molecule has 1 aliphatic rings. The molecule has 1 aromatic rings. The van der Waals surface area contributed by atoms with Crippen molar-refractivity contribution in [1.82, 2.24) is 19.4 Å². The van der Waals surface area contributed by atoms with E-state index < -0.39 is 10.0 Å². The van der Waals surface area contributed by atoms with Crippen LogP contribution in [0.2, 0.25) is 0 Å². The Bertz CT molecular complexity index is 506. The summed E-state index contributed by atoms with van der Waals surface area (Å²) in [5, 5.41) is 7.30. The Morgan fingerprint density at radius 3 is 2.89 bits per heavy atom. The largest absolute Gasteiger partial charge is 0.313 e. The third-order valence-corrected chi connectivity index (χ3v) is 5.20. The highest BCUT2D eigenvalue weighted by Crippen LogP contribution is 2.17. The van der Waals surface area contributed by atoms with Crippen molar-refractivity contribution >= 4 is 10.0 Å². The average Bonchev–Trinajstić information content (AvgIpc) is 3.00. The summed E-state index contributed by atoms with van der Waals surface area (Å²) in [6, 6.07) is 0.276. The van der Waals surface area contributed by atoms with Gasteiger partial charge in [0.05, 0.1) is 6.20 Å². The molecule has 0 aromatic carbocycles. The van der Waals surface area contributed by atoms with E-state index in [0.717, 1.165) is 25.8 Å². The molecule has 2 rings (SSSR count). The van der Waals surface area contributed by atoms with Gasteiger partial charge in [-0.25, -0.2) is 8.42 Å². The number of aromatic nitrogens is 2. The van der Waals surface area contributed by atoms with E-state index in [1.165, 1.54) is 10.9 Å². The van der Waals surface area contributed by atoms with Crippen molar-refractivity contribution in [2.45, 2.75) is 37.1 Å². The number of rotatable bonds is 6. The summed E-state index contributed by atoms with van der Waals surface area (Å²) in [6.45, 7) is 4.08. The second-order valence-corrected chi connectivity index (χ2v) is 6.94. The number of hydrogen-bond donors (Lipinski definition) is 1. The van der Waals surface area contributed by atoms with Crippen LogP contribution in [0.15, 0.2) is 17.3 Å². The van der Waals surface area contributed by atoms with Gasteiger partial charge in [-0.1, -0.05) is 6.92 Å². The molecule has 1 aliphatic heterocycles. The van der Waals surface area contributed by atoms with E-state index in [4.69, 9.17) is 0 Å². The van der Waals surface area contributed by atoms with Gasteiger partial charge in [-0.2, -0.15) is 9.40 Å². The van der Waals surface area contributed by atoms with Crippen molar-refractivity contribution in [3.05, 3.63) is 12.4 Å². The summed E-state index contributed by atoms with van der Waals surface area (Å²) in [6.07, 6.45) is 5.95. The van der Waals surface area contributed by atoms with Crippen LogP contribution in [-0.2, 0) is 17.1 Å². The van der Waals surface area contributed by atoms with E-state index in [-0.39, 0.29) is 10.9 Å². The first kappa shape index (κ1) is 14.5. The molecule has 7 heteroatoms. The van der Waals surface area contributed by atoms with Crippen molar-refractivity contribution in [3.63, 3.8) is 0 Å². The summed E-state index contributed by atoms with van der Waals surface area (Å²) < 4.78 is 28.2. The molecular formula is C12H22N4O2S. The minimum Gasteiger partial charge on any atom is -0.313 e. The molecule has 0 amide bonds. The fourth-order valence-corrected chi connectivity index (χ4v) is 3.96. The molecule has 1 saturated heterocycles. The van der Waals surface area contributed by atoms with Crippen LogP contribution in [0.5, 0.6) is 0 Å². The second kappa shape index (κ2) is 6.02. The predicted octanol–water partition coefficient (Wildman–Crippen LogP) is 0.573. The minimum atomic E-state index is -3.42. The first-order valence-corrected chi connectivity index (χ1v) is 8.20. The Labute approximate surface area is 114 Å². The molecule has 0 saturated carbocycles. The van der Waals surface area contributed by atoms with Crippen LogP contribution in [0.1, 0.15) is 26.2 Å². The molecule has 0 aliphatic carbocycles. The second-order valence-electron chi connectivity index (χ2n) is 5.01. The summed E-state index contributed by atoms with van der Waals surface area (Å²) in [5.41, 5.74) is 0. The topological polar surface area (TPSA) is 67.2 Å². The lowest BCUT2D eigenvalue weighted by Gasteiger charge is -2.24. The molecule has 0 bridgehead atoms. The number of nitrogens with zero attached hydrogens (tertiary/aromatic N) is 3. The summed E-state index contributed by atoms with van der Waals surface area (Å²) in [7, 11) is -1.70. The van der Waals surface area contributed by atoms with Gasteiger partial charge in [0.15, 0.2) is 0 Å². The van der Waals surface area contributed by atoms with E-state index in [1.54, 1.807) is 17.5 Å². The third-order valence-electron chi connectivity index (χ3n) is 3.38. The van der Waals surface area contributed by atoms with Crippen LogP contribution in [0, 0.1) is 0 Å². The Balaban J connectivity index is 2.16. The molecule has 1 atom stereocenters. The van der Waals surface area contributed by atoms with E-state index >= 15 is 0 Å². The normalized spacial score (nSPS) is 20.3. The smallest absolute Gasteiger partial charge is 0.246 e. The van der Waals surface area contributed by atoms with Crippen LogP contribution in [0.4, 0.5) is 0 Å². The van der Waals surface area contributed by atoms with Crippen LogP contribution in [0.25, 0.3) is 0 Å².